The van der Waals surface area contributed by atoms with Gasteiger partial charge in [0, 0.05) is 30.6 Å². The van der Waals surface area contributed by atoms with Gasteiger partial charge in [0.25, 0.3) is 5.91 Å². The summed E-state index contributed by atoms with van der Waals surface area (Å²) in [4.78, 5) is 17.4. The highest BCUT2D eigenvalue weighted by Gasteiger charge is 2.39. The number of fused-ring (bicyclic) bond motifs is 1. The van der Waals surface area contributed by atoms with Crippen molar-refractivity contribution < 1.29 is 13.6 Å². The molecule has 1 aromatic heterocycles. The zero-order chi connectivity index (χ0) is 15.0. The zero-order valence-corrected chi connectivity index (χ0v) is 10.8. The smallest absolute Gasteiger partial charge is 0.258 e. The Balaban J connectivity index is 2.03. The third-order valence-corrected chi connectivity index (χ3v) is 3.39. The Morgan fingerprint density at radius 3 is 2.67 bits per heavy atom. The van der Waals surface area contributed by atoms with Gasteiger partial charge in [-0.1, -0.05) is 0 Å². The van der Waals surface area contributed by atoms with E-state index >= 15 is 0 Å². The fourth-order valence-corrected chi connectivity index (χ4v) is 2.45. The lowest BCUT2D eigenvalue weighted by atomic mass is 10.0. The third kappa shape index (κ3) is 2.13. The standard InChI is InChI=1S/C15H9F2N3O/c16-10-5-11-13(7-18)20(8-9-1-3-19-4-2-9)15(21)14(11)12(17)6-10/h1-6,13H,8H2. The molecule has 3 rings (SSSR count). The minimum atomic E-state index is -0.995. The van der Waals surface area contributed by atoms with Crippen LogP contribution in [-0.2, 0) is 6.54 Å². The second kappa shape index (κ2) is 4.94. The number of benzene rings is 1. The van der Waals surface area contributed by atoms with E-state index in [9.17, 15) is 18.8 Å². The highest BCUT2D eigenvalue weighted by Crippen LogP contribution is 2.36. The van der Waals surface area contributed by atoms with Gasteiger partial charge in [0.1, 0.15) is 17.7 Å². The SMILES string of the molecule is N#CC1c2cc(F)cc(F)c2C(=O)N1Cc1ccncc1. The molecule has 2 aromatic rings. The molecule has 1 aromatic carbocycles. The van der Waals surface area contributed by atoms with Gasteiger partial charge in [0.2, 0.25) is 0 Å². The van der Waals surface area contributed by atoms with Gasteiger partial charge in [0.05, 0.1) is 11.6 Å². The van der Waals surface area contributed by atoms with Crippen LogP contribution in [0.2, 0.25) is 0 Å². The minimum Gasteiger partial charge on any atom is -0.314 e. The van der Waals surface area contributed by atoms with Gasteiger partial charge in [-0.15, -0.1) is 0 Å². The maximum atomic E-state index is 13.8. The number of carbonyl (C=O) groups is 1. The maximum absolute atomic E-state index is 13.8. The fourth-order valence-electron chi connectivity index (χ4n) is 2.45. The molecule has 1 atom stereocenters. The summed E-state index contributed by atoms with van der Waals surface area (Å²) >= 11 is 0. The Morgan fingerprint density at radius 1 is 1.29 bits per heavy atom. The number of nitrogens with zero attached hydrogens (tertiary/aromatic N) is 3. The van der Waals surface area contributed by atoms with Crippen LogP contribution in [0.15, 0.2) is 36.7 Å². The Kier molecular flexibility index (Phi) is 3.10. The molecule has 6 heteroatoms. The first-order valence-electron chi connectivity index (χ1n) is 6.20. The normalized spacial score (nSPS) is 16.7. The second-order valence-corrected chi connectivity index (χ2v) is 4.67. The van der Waals surface area contributed by atoms with E-state index in [1.807, 2.05) is 6.07 Å². The van der Waals surface area contributed by atoms with Crippen LogP contribution in [0.3, 0.4) is 0 Å². The summed E-state index contributed by atoms with van der Waals surface area (Å²) in [6.07, 6.45) is 3.12. The van der Waals surface area contributed by atoms with Crippen molar-refractivity contribution in [2.45, 2.75) is 12.6 Å². The van der Waals surface area contributed by atoms with Crippen molar-refractivity contribution in [2.24, 2.45) is 0 Å². The Morgan fingerprint density at radius 2 is 2.00 bits per heavy atom. The number of hydrogen-bond donors (Lipinski definition) is 0. The van der Waals surface area contributed by atoms with E-state index in [1.165, 1.54) is 4.90 Å². The first-order valence-corrected chi connectivity index (χ1v) is 6.20. The lowest BCUT2D eigenvalue weighted by molar-refractivity contribution is 0.0741. The molecule has 0 aliphatic carbocycles. The van der Waals surface area contributed by atoms with Gasteiger partial charge >= 0.3 is 0 Å². The van der Waals surface area contributed by atoms with Crippen molar-refractivity contribution in [1.82, 2.24) is 9.88 Å². The molecular formula is C15H9F2N3O. The molecule has 1 amide bonds. The molecule has 1 aliphatic rings. The van der Waals surface area contributed by atoms with Gasteiger partial charge < -0.3 is 4.90 Å². The lowest BCUT2D eigenvalue weighted by Gasteiger charge is -2.19. The summed E-state index contributed by atoms with van der Waals surface area (Å²) in [5, 5.41) is 9.26. The second-order valence-electron chi connectivity index (χ2n) is 4.67. The van der Waals surface area contributed by atoms with Crippen LogP contribution in [0.25, 0.3) is 0 Å². The number of nitriles is 1. The number of carbonyl (C=O) groups excluding carboxylic acids is 1. The topological polar surface area (TPSA) is 57.0 Å². The first kappa shape index (κ1) is 13.2. The van der Waals surface area contributed by atoms with Crippen LogP contribution in [0, 0.1) is 23.0 Å². The molecule has 0 bridgehead atoms. The maximum Gasteiger partial charge on any atom is 0.258 e. The number of rotatable bonds is 2. The molecule has 1 unspecified atom stereocenters. The van der Waals surface area contributed by atoms with Crippen molar-refractivity contribution in [3.8, 4) is 6.07 Å². The molecule has 0 radical (unpaired) electrons. The van der Waals surface area contributed by atoms with Crippen LogP contribution in [-0.4, -0.2) is 15.8 Å². The molecule has 4 nitrogen and oxygen atoms in total. The molecule has 0 saturated heterocycles. The van der Waals surface area contributed by atoms with Crippen LogP contribution in [0.5, 0.6) is 0 Å². The summed E-state index contributed by atoms with van der Waals surface area (Å²) in [6, 6.07) is 6.02. The van der Waals surface area contributed by atoms with E-state index < -0.39 is 23.6 Å². The monoisotopic (exact) mass is 285 g/mol. The van der Waals surface area contributed by atoms with E-state index in [1.54, 1.807) is 24.5 Å². The quantitative estimate of drug-likeness (QED) is 0.852. The molecule has 1 aliphatic heterocycles. The fraction of sp³-hybridized carbons (Fsp3) is 0.133. The van der Waals surface area contributed by atoms with Gasteiger partial charge in [-0.05, 0) is 23.8 Å². The number of amides is 1. The summed E-state index contributed by atoms with van der Waals surface area (Å²) in [5.74, 6) is -2.34. The highest BCUT2D eigenvalue weighted by atomic mass is 19.1. The van der Waals surface area contributed by atoms with Crippen molar-refractivity contribution in [3.63, 3.8) is 0 Å². The van der Waals surface area contributed by atoms with Crippen molar-refractivity contribution >= 4 is 5.91 Å². The first-order chi connectivity index (χ1) is 10.1. The number of aromatic nitrogens is 1. The van der Waals surface area contributed by atoms with Gasteiger partial charge in [0.15, 0.2) is 0 Å². The highest BCUT2D eigenvalue weighted by molar-refractivity contribution is 5.99. The van der Waals surface area contributed by atoms with Crippen LogP contribution >= 0.6 is 0 Å². The molecule has 0 N–H and O–H groups in total. The largest absolute Gasteiger partial charge is 0.314 e. The molecule has 0 saturated carbocycles. The summed E-state index contributed by atoms with van der Waals surface area (Å²) < 4.78 is 27.1. The van der Waals surface area contributed by atoms with E-state index in [0.717, 1.165) is 11.6 Å². The van der Waals surface area contributed by atoms with Crippen LogP contribution in [0.4, 0.5) is 8.78 Å². The van der Waals surface area contributed by atoms with Crippen LogP contribution in [0.1, 0.15) is 27.5 Å². The Hall–Kier alpha value is -2.81. The average molecular weight is 285 g/mol. The molecular weight excluding hydrogens is 276 g/mol. The lowest BCUT2D eigenvalue weighted by Crippen LogP contribution is -2.27. The van der Waals surface area contributed by atoms with Gasteiger partial charge in [-0.25, -0.2) is 8.78 Å². The molecule has 0 spiro atoms. The number of hydrogen-bond acceptors (Lipinski definition) is 3. The van der Waals surface area contributed by atoms with Gasteiger partial charge in [-0.2, -0.15) is 5.26 Å². The molecule has 2 heterocycles. The minimum absolute atomic E-state index is 0.0778. The summed E-state index contributed by atoms with van der Waals surface area (Å²) in [5.41, 5.74) is 0.610. The van der Waals surface area contributed by atoms with Crippen molar-refractivity contribution in [3.05, 3.63) is 65.0 Å². The van der Waals surface area contributed by atoms with E-state index in [0.29, 0.717) is 6.07 Å². The number of halogens is 2. The number of pyridine rings is 1. The van der Waals surface area contributed by atoms with Crippen LogP contribution < -0.4 is 0 Å². The van der Waals surface area contributed by atoms with E-state index in [4.69, 9.17) is 0 Å². The van der Waals surface area contributed by atoms with Gasteiger partial charge in [-0.3, -0.25) is 9.78 Å². The zero-order valence-electron chi connectivity index (χ0n) is 10.8. The molecule has 0 fully saturated rings. The summed E-state index contributed by atoms with van der Waals surface area (Å²) in [7, 11) is 0. The predicted octanol–water partition coefficient (Wildman–Crippen LogP) is 2.58. The predicted molar refractivity (Wildman–Crippen MR) is 68.8 cm³/mol. The summed E-state index contributed by atoms with van der Waals surface area (Å²) in [6.45, 7) is 0.134. The van der Waals surface area contributed by atoms with Crippen molar-refractivity contribution in [2.75, 3.05) is 0 Å². The van der Waals surface area contributed by atoms with Crippen molar-refractivity contribution in [1.29, 1.82) is 5.26 Å². The average Bonchev–Trinajstić information content (AvgIpc) is 2.72. The van der Waals surface area contributed by atoms with E-state index in [2.05, 4.69) is 4.98 Å². The molecule has 21 heavy (non-hydrogen) atoms. The Bertz CT molecular complexity index is 756. The molecule has 104 valence electrons. The Labute approximate surface area is 119 Å². The third-order valence-electron chi connectivity index (χ3n) is 3.39. The van der Waals surface area contributed by atoms with E-state index in [-0.39, 0.29) is 17.7 Å².